The van der Waals surface area contributed by atoms with Crippen LogP contribution in [0.3, 0.4) is 0 Å². The van der Waals surface area contributed by atoms with E-state index < -0.39 is 24.5 Å². The van der Waals surface area contributed by atoms with Crippen LogP contribution in [0.1, 0.15) is 26.5 Å². The Morgan fingerprint density at radius 3 is 2.75 bits per heavy atom. The topological polar surface area (TPSA) is 113 Å². The van der Waals surface area contributed by atoms with E-state index in [1.807, 2.05) is 6.07 Å². The van der Waals surface area contributed by atoms with Crippen LogP contribution in [0.2, 0.25) is 0 Å². The van der Waals surface area contributed by atoms with E-state index in [0.717, 1.165) is 24.2 Å². The van der Waals surface area contributed by atoms with Gasteiger partial charge in [0.2, 0.25) is 0 Å². The van der Waals surface area contributed by atoms with Gasteiger partial charge in [-0.1, -0.05) is 13.8 Å². The second kappa shape index (κ2) is 7.02. The van der Waals surface area contributed by atoms with Crippen molar-refractivity contribution < 1.29 is 20.1 Å². The Labute approximate surface area is 140 Å². The lowest BCUT2D eigenvalue weighted by Gasteiger charge is -2.17. The average Bonchev–Trinajstić information content (AvgIpc) is 3.10. The van der Waals surface area contributed by atoms with Crippen LogP contribution in [-0.2, 0) is 4.74 Å². The summed E-state index contributed by atoms with van der Waals surface area (Å²) in [4.78, 5) is 8.56. The summed E-state index contributed by atoms with van der Waals surface area (Å²) >= 11 is 0. The molecule has 3 heterocycles. The highest BCUT2D eigenvalue weighted by atomic mass is 16.6. The van der Waals surface area contributed by atoms with Crippen molar-refractivity contribution in [2.24, 2.45) is 5.92 Å². The summed E-state index contributed by atoms with van der Waals surface area (Å²) in [5.74, 6) is 1.32. The van der Waals surface area contributed by atoms with Crippen LogP contribution in [-0.4, -0.2) is 61.3 Å². The number of nitrogens with one attached hydrogen (secondary N) is 1. The minimum Gasteiger partial charge on any atom is -0.394 e. The Morgan fingerprint density at radius 1 is 1.29 bits per heavy atom. The van der Waals surface area contributed by atoms with Gasteiger partial charge in [0.15, 0.2) is 6.23 Å². The molecule has 0 spiro atoms. The van der Waals surface area contributed by atoms with Crippen LogP contribution in [0.4, 0.5) is 5.82 Å². The van der Waals surface area contributed by atoms with Crippen molar-refractivity contribution in [1.82, 2.24) is 14.5 Å². The predicted molar refractivity (Wildman–Crippen MR) is 88.5 cm³/mol. The van der Waals surface area contributed by atoms with Crippen molar-refractivity contribution in [1.29, 1.82) is 0 Å². The van der Waals surface area contributed by atoms with Crippen LogP contribution < -0.4 is 5.32 Å². The molecule has 8 nitrogen and oxygen atoms in total. The SMILES string of the molecule is CC(C)CCNc1ncnc2c1ccn2[C@@H]1O[C@H](CO)[C@@H](O)[C@H]1O. The lowest BCUT2D eigenvalue weighted by atomic mass is 10.1. The van der Waals surface area contributed by atoms with Crippen LogP contribution in [0.25, 0.3) is 11.0 Å². The summed E-state index contributed by atoms with van der Waals surface area (Å²) in [5, 5.41) is 33.5. The van der Waals surface area contributed by atoms with Crippen LogP contribution >= 0.6 is 0 Å². The molecule has 4 N–H and O–H groups in total. The molecule has 0 radical (unpaired) electrons. The van der Waals surface area contributed by atoms with Gasteiger partial charge in [0.1, 0.15) is 36.1 Å². The zero-order chi connectivity index (χ0) is 17.3. The van der Waals surface area contributed by atoms with Gasteiger partial charge in [0.25, 0.3) is 0 Å². The van der Waals surface area contributed by atoms with Crippen molar-refractivity contribution in [3.63, 3.8) is 0 Å². The van der Waals surface area contributed by atoms with E-state index >= 15 is 0 Å². The third-order valence-electron chi connectivity index (χ3n) is 4.31. The molecule has 8 heteroatoms. The summed E-state index contributed by atoms with van der Waals surface area (Å²) in [6.07, 6.45) is 0.348. The lowest BCUT2D eigenvalue weighted by molar-refractivity contribution is -0.0508. The lowest BCUT2D eigenvalue weighted by Crippen LogP contribution is -2.33. The number of anilines is 1. The molecule has 0 bridgehead atoms. The molecule has 4 atom stereocenters. The molecule has 24 heavy (non-hydrogen) atoms. The van der Waals surface area contributed by atoms with Crippen LogP contribution in [0, 0.1) is 5.92 Å². The van der Waals surface area contributed by atoms with E-state index in [9.17, 15) is 15.3 Å². The molecule has 0 aliphatic carbocycles. The molecular weight excluding hydrogens is 312 g/mol. The van der Waals surface area contributed by atoms with Crippen LogP contribution in [0.5, 0.6) is 0 Å². The number of nitrogens with zero attached hydrogens (tertiary/aromatic N) is 3. The number of hydrogen-bond donors (Lipinski definition) is 4. The molecule has 0 unspecified atom stereocenters. The first kappa shape index (κ1) is 17.1. The van der Waals surface area contributed by atoms with Gasteiger partial charge >= 0.3 is 0 Å². The zero-order valence-electron chi connectivity index (χ0n) is 13.8. The summed E-state index contributed by atoms with van der Waals surface area (Å²) in [6, 6.07) is 1.85. The molecule has 0 aromatic carbocycles. The fourth-order valence-electron chi connectivity index (χ4n) is 2.91. The van der Waals surface area contributed by atoms with E-state index in [-0.39, 0.29) is 6.61 Å². The fourth-order valence-corrected chi connectivity index (χ4v) is 2.91. The van der Waals surface area contributed by atoms with E-state index in [1.165, 1.54) is 6.33 Å². The molecule has 2 aromatic rings. The molecular formula is C16H24N4O4. The Kier molecular flexibility index (Phi) is 5.00. The second-order valence-electron chi connectivity index (χ2n) is 6.52. The number of rotatable bonds is 6. The number of fused-ring (bicyclic) bond motifs is 1. The minimum atomic E-state index is -1.14. The minimum absolute atomic E-state index is 0.356. The molecule has 0 amide bonds. The van der Waals surface area contributed by atoms with Gasteiger partial charge in [0, 0.05) is 12.7 Å². The Hall–Kier alpha value is -1.74. The molecule has 2 aromatic heterocycles. The first-order valence-electron chi connectivity index (χ1n) is 8.20. The van der Waals surface area contributed by atoms with Crippen molar-refractivity contribution in [2.45, 2.75) is 44.8 Å². The number of aromatic nitrogens is 3. The maximum atomic E-state index is 10.2. The molecule has 3 rings (SSSR count). The van der Waals surface area contributed by atoms with Gasteiger partial charge in [-0.3, -0.25) is 0 Å². The van der Waals surface area contributed by atoms with E-state index in [0.29, 0.717) is 11.6 Å². The summed E-state index contributed by atoms with van der Waals surface area (Å²) < 4.78 is 7.23. The number of ether oxygens (including phenoxy) is 1. The molecule has 0 saturated carbocycles. The fraction of sp³-hybridized carbons (Fsp3) is 0.625. The first-order valence-corrected chi connectivity index (χ1v) is 8.20. The van der Waals surface area contributed by atoms with Gasteiger partial charge in [-0.05, 0) is 18.4 Å². The van der Waals surface area contributed by atoms with Crippen molar-refractivity contribution >= 4 is 16.9 Å². The van der Waals surface area contributed by atoms with Gasteiger partial charge < -0.3 is 29.9 Å². The maximum Gasteiger partial charge on any atom is 0.164 e. The summed E-state index contributed by atoms with van der Waals surface area (Å²) in [6.45, 7) is 4.78. The van der Waals surface area contributed by atoms with E-state index in [2.05, 4.69) is 29.1 Å². The molecule has 1 aliphatic rings. The van der Waals surface area contributed by atoms with Crippen LogP contribution in [0.15, 0.2) is 18.6 Å². The summed E-state index contributed by atoms with van der Waals surface area (Å²) in [7, 11) is 0. The molecule has 1 fully saturated rings. The number of aliphatic hydroxyl groups is 3. The van der Waals surface area contributed by atoms with E-state index in [1.54, 1.807) is 10.8 Å². The quantitative estimate of drug-likeness (QED) is 0.607. The highest BCUT2D eigenvalue weighted by Gasteiger charge is 2.43. The Bertz CT molecular complexity index is 690. The Balaban J connectivity index is 1.86. The third-order valence-corrected chi connectivity index (χ3v) is 4.31. The highest BCUT2D eigenvalue weighted by molar-refractivity contribution is 5.87. The maximum absolute atomic E-state index is 10.2. The molecule has 132 valence electrons. The zero-order valence-corrected chi connectivity index (χ0v) is 13.8. The standard InChI is InChI=1S/C16H24N4O4/c1-9(2)3-5-17-14-10-4-6-20(15(10)19-8-18-14)16-13(23)12(22)11(7-21)24-16/h4,6,8-9,11-13,16,21-23H,3,5,7H2,1-2H3,(H,17,18,19)/t11-,12-,13-,16-/m1/s1. The van der Waals surface area contributed by atoms with Gasteiger partial charge in [-0.15, -0.1) is 0 Å². The number of hydrogen-bond acceptors (Lipinski definition) is 7. The second-order valence-corrected chi connectivity index (χ2v) is 6.52. The average molecular weight is 336 g/mol. The molecule has 1 aliphatic heterocycles. The van der Waals surface area contributed by atoms with Gasteiger partial charge in [-0.25, -0.2) is 9.97 Å². The smallest absolute Gasteiger partial charge is 0.164 e. The largest absolute Gasteiger partial charge is 0.394 e. The number of aliphatic hydroxyl groups excluding tert-OH is 3. The highest BCUT2D eigenvalue weighted by Crippen LogP contribution is 2.32. The van der Waals surface area contributed by atoms with Gasteiger partial charge in [0.05, 0.1) is 12.0 Å². The van der Waals surface area contributed by atoms with Crippen molar-refractivity contribution in [2.75, 3.05) is 18.5 Å². The van der Waals surface area contributed by atoms with E-state index in [4.69, 9.17) is 4.74 Å². The first-order chi connectivity index (χ1) is 11.5. The monoisotopic (exact) mass is 336 g/mol. The normalized spacial score (nSPS) is 27.2. The van der Waals surface area contributed by atoms with Crippen molar-refractivity contribution in [3.05, 3.63) is 18.6 Å². The van der Waals surface area contributed by atoms with Crippen molar-refractivity contribution in [3.8, 4) is 0 Å². The summed E-state index contributed by atoms with van der Waals surface area (Å²) in [5.41, 5.74) is 0.604. The predicted octanol–water partition coefficient (Wildman–Crippen LogP) is 0.501. The Morgan fingerprint density at radius 2 is 2.08 bits per heavy atom. The van der Waals surface area contributed by atoms with Gasteiger partial charge in [-0.2, -0.15) is 0 Å². The molecule has 1 saturated heterocycles. The third kappa shape index (κ3) is 3.10.